The number of alkyl halides is 3. The van der Waals surface area contributed by atoms with E-state index >= 15 is 0 Å². The van der Waals surface area contributed by atoms with E-state index in [4.69, 9.17) is 11.6 Å². The van der Waals surface area contributed by atoms with E-state index in [0.717, 1.165) is 4.68 Å². The van der Waals surface area contributed by atoms with E-state index in [9.17, 15) is 36.4 Å². The number of ketones is 2. The summed E-state index contributed by atoms with van der Waals surface area (Å²) < 4.78 is 64.7. The van der Waals surface area contributed by atoms with E-state index in [0.29, 0.717) is 11.6 Å². The summed E-state index contributed by atoms with van der Waals surface area (Å²) in [5, 5.41) is 13.0. The molecule has 41 heavy (non-hydrogen) atoms. The van der Waals surface area contributed by atoms with Crippen molar-refractivity contribution in [1.29, 1.82) is 5.26 Å². The van der Waals surface area contributed by atoms with Crippen LogP contribution in [0.3, 0.4) is 0 Å². The van der Waals surface area contributed by atoms with Crippen LogP contribution in [0.1, 0.15) is 77.3 Å². The first kappa shape index (κ1) is 30.4. The molecule has 0 bridgehead atoms. The number of hydrogen-bond donors (Lipinski definition) is 0. The Kier molecular flexibility index (Phi) is 7.46. The number of nitriles is 1. The Morgan fingerprint density at radius 2 is 1.76 bits per heavy atom. The van der Waals surface area contributed by atoms with Gasteiger partial charge >= 0.3 is 6.18 Å². The van der Waals surface area contributed by atoms with Crippen LogP contribution in [0.4, 0.5) is 13.2 Å². The molecule has 13 heteroatoms. The first-order valence-electron chi connectivity index (χ1n) is 12.5. The summed E-state index contributed by atoms with van der Waals surface area (Å²) in [5.41, 5.74) is -0.988. The van der Waals surface area contributed by atoms with Gasteiger partial charge in [-0.3, -0.25) is 9.59 Å². The van der Waals surface area contributed by atoms with Gasteiger partial charge in [0, 0.05) is 36.6 Å². The number of aryl methyl sites for hydroxylation is 1. The van der Waals surface area contributed by atoms with Gasteiger partial charge in [0.2, 0.25) is 0 Å². The molecular formula is C28H26ClF3N4O4S. The predicted octanol–water partition coefficient (Wildman–Crippen LogP) is 5.72. The molecule has 0 aliphatic carbocycles. The SMILES string of the molecule is Cc1cc(C#N)cc(C(=O)CC2C(C)(C)S(=O)(=O)C2(C)C)c1CC(=O)c1cc(C(F)(F)F)nn1-c1ncccc1Cl. The van der Waals surface area contributed by atoms with E-state index in [1.54, 1.807) is 34.6 Å². The van der Waals surface area contributed by atoms with Crippen molar-refractivity contribution in [3.05, 3.63) is 75.2 Å². The Labute approximate surface area is 240 Å². The molecule has 0 atom stereocenters. The predicted molar refractivity (Wildman–Crippen MR) is 145 cm³/mol. The summed E-state index contributed by atoms with van der Waals surface area (Å²) in [4.78, 5) is 31.2. The monoisotopic (exact) mass is 606 g/mol. The van der Waals surface area contributed by atoms with Crippen LogP contribution in [-0.4, -0.2) is 44.2 Å². The molecule has 216 valence electrons. The lowest BCUT2D eigenvalue weighted by molar-refractivity contribution is -0.141. The molecule has 3 heterocycles. The Hall–Kier alpha value is -3.56. The molecule has 0 radical (unpaired) electrons. The molecule has 1 aliphatic heterocycles. The third-order valence-electron chi connectivity index (χ3n) is 7.92. The van der Waals surface area contributed by atoms with Crippen LogP contribution in [-0.2, 0) is 22.4 Å². The third-order valence-corrected chi connectivity index (χ3v) is 11.6. The van der Waals surface area contributed by atoms with Crippen molar-refractivity contribution in [2.24, 2.45) is 5.92 Å². The molecule has 0 saturated carbocycles. The molecule has 1 saturated heterocycles. The number of benzene rings is 1. The highest BCUT2D eigenvalue weighted by Crippen LogP contribution is 2.55. The topological polar surface area (TPSA) is 123 Å². The minimum Gasteiger partial charge on any atom is -0.294 e. The maximum atomic E-state index is 13.7. The highest BCUT2D eigenvalue weighted by Gasteiger charge is 2.67. The van der Waals surface area contributed by atoms with Crippen molar-refractivity contribution in [2.75, 3.05) is 0 Å². The molecule has 8 nitrogen and oxygen atoms in total. The van der Waals surface area contributed by atoms with Crippen molar-refractivity contribution < 1.29 is 31.2 Å². The van der Waals surface area contributed by atoms with Gasteiger partial charge in [-0.15, -0.1) is 0 Å². The number of pyridine rings is 1. The minimum atomic E-state index is -4.87. The fourth-order valence-corrected chi connectivity index (χ4v) is 8.52. The molecule has 3 aromatic rings. The highest BCUT2D eigenvalue weighted by atomic mass is 35.5. The number of hydrogen-bond acceptors (Lipinski definition) is 7. The quantitative estimate of drug-likeness (QED) is 0.315. The molecule has 2 aromatic heterocycles. The maximum absolute atomic E-state index is 13.7. The number of nitrogens with zero attached hydrogens (tertiary/aromatic N) is 4. The minimum absolute atomic E-state index is 0.0313. The zero-order valence-electron chi connectivity index (χ0n) is 22.8. The molecule has 1 aromatic carbocycles. The van der Waals surface area contributed by atoms with Crippen molar-refractivity contribution in [3.63, 3.8) is 0 Å². The molecule has 4 rings (SSSR count). The van der Waals surface area contributed by atoms with Gasteiger partial charge in [-0.2, -0.15) is 23.5 Å². The smallest absolute Gasteiger partial charge is 0.294 e. The van der Waals surface area contributed by atoms with Gasteiger partial charge < -0.3 is 0 Å². The molecule has 0 unspecified atom stereocenters. The molecule has 1 fully saturated rings. The number of rotatable bonds is 7. The van der Waals surface area contributed by atoms with Gasteiger partial charge in [0.15, 0.2) is 32.9 Å². The number of carbonyl (C=O) groups is 2. The van der Waals surface area contributed by atoms with Gasteiger partial charge in [0.1, 0.15) is 5.69 Å². The fraction of sp³-hybridized carbons (Fsp3) is 0.393. The maximum Gasteiger partial charge on any atom is 0.435 e. The van der Waals surface area contributed by atoms with Gasteiger partial charge in [-0.1, -0.05) is 11.6 Å². The molecular weight excluding hydrogens is 581 g/mol. The number of halogens is 4. The van der Waals surface area contributed by atoms with Crippen molar-refractivity contribution in [2.45, 2.75) is 63.1 Å². The molecule has 0 spiro atoms. The molecule has 0 amide bonds. The average molecular weight is 607 g/mol. The first-order chi connectivity index (χ1) is 18.8. The third kappa shape index (κ3) is 4.95. The Morgan fingerprint density at radius 1 is 1.12 bits per heavy atom. The van der Waals surface area contributed by atoms with Crippen LogP contribution >= 0.6 is 11.6 Å². The summed E-state index contributed by atoms with van der Waals surface area (Å²) in [7, 11) is -3.52. The second-order valence-corrected chi connectivity index (χ2v) is 14.6. The Morgan fingerprint density at radius 3 is 2.32 bits per heavy atom. The Balaban J connectivity index is 1.77. The number of aromatic nitrogens is 3. The largest absolute Gasteiger partial charge is 0.435 e. The van der Waals surface area contributed by atoms with Gasteiger partial charge in [-0.05, 0) is 70.0 Å². The van der Waals surface area contributed by atoms with Crippen molar-refractivity contribution >= 4 is 33.0 Å². The standard InChI is InChI=1S/C28H26ClF3N4O4S/c1-15-9-16(14-33)10-18(21(37)13-23-26(2,3)41(39,40)27(23,4)5)17(15)11-22(38)20-12-24(28(30,31)32)35-36(20)25-19(29)7-6-8-34-25/h6-10,12,23H,11,13H2,1-5H3. The lowest BCUT2D eigenvalue weighted by atomic mass is 9.77. The fourth-order valence-electron chi connectivity index (χ4n) is 5.65. The second-order valence-electron chi connectivity index (χ2n) is 11.1. The number of carbonyl (C=O) groups excluding carboxylic acids is 2. The average Bonchev–Trinajstić information content (AvgIpc) is 3.34. The van der Waals surface area contributed by atoms with Crippen molar-refractivity contribution in [1.82, 2.24) is 14.8 Å². The zero-order valence-corrected chi connectivity index (χ0v) is 24.4. The summed E-state index contributed by atoms with van der Waals surface area (Å²) in [6, 6.07) is 8.20. The summed E-state index contributed by atoms with van der Waals surface area (Å²) in [6.45, 7) is 7.78. The van der Waals surface area contributed by atoms with E-state index < -0.39 is 60.8 Å². The van der Waals surface area contributed by atoms with Crippen LogP contribution in [0.2, 0.25) is 5.02 Å². The van der Waals surface area contributed by atoms with Crippen LogP contribution in [0.5, 0.6) is 0 Å². The normalized spacial score (nSPS) is 17.5. The van der Waals surface area contributed by atoms with Gasteiger partial charge in [0.25, 0.3) is 0 Å². The van der Waals surface area contributed by atoms with Gasteiger partial charge in [-0.25, -0.2) is 18.1 Å². The van der Waals surface area contributed by atoms with E-state index in [1.165, 1.54) is 30.5 Å². The van der Waals surface area contributed by atoms with Crippen LogP contribution in [0, 0.1) is 24.2 Å². The Bertz CT molecular complexity index is 1720. The molecule has 0 N–H and O–H groups in total. The second kappa shape index (κ2) is 10.1. The number of sulfone groups is 1. The lowest BCUT2D eigenvalue weighted by Gasteiger charge is -2.56. The lowest BCUT2D eigenvalue weighted by Crippen LogP contribution is -2.69. The first-order valence-corrected chi connectivity index (χ1v) is 14.3. The summed E-state index contributed by atoms with van der Waals surface area (Å²) in [6.07, 6.45) is -4.25. The van der Waals surface area contributed by atoms with Crippen molar-refractivity contribution in [3.8, 4) is 11.9 Å². The van der Waals surface area contributed by atoms with E-state index in [-0.39, 0.29) is 34.0 Å². The summed E-state index contributed by atoms with van der Waals surface area (Å²) in [5.74, 6) is -2.02. The zero-order chi connectivity index (χ0) is 30.7. The van der Waals surface area contributed by atoms with Crippen LogP contribution < -0.4 is 0 Å². The summed E-state index contributed by atoms with van der Waals surface area (Å²) >= 11 is 6.14. The van der Waals surface area contributed by atoms with E-state index in [1.807, 2.05) is 6.07 Å². The van der Waals surface area contributed by atoms with Crippen LogP contribution in [0.25, 0.3) is 5.82 Å². The molecule has 1 aliphatic rings. The number of Topliss-reactive ketones (excluding diaryl/α,β-unsaturated/α-hetero) is 2. The van der Waals surface area contributed by atoms with Crippen LogP contribution in [0.15, 0.2) is 36.5 Å². The highest BCUT2D eigenvalue weighted by molar-refractivity contribution is 7.95. The van der Waals surface area contributed by atoms with Gasteiger partial charge in [0.05, 0.1) is 26.1 Å². The van der Waals surface area contributed by atoms with E-state index in [2.05, 4.69) is 10.1 Å².